The third-order valence-electron chi connectivity index (χ3n) is 3.33. The third-order valence-corrected chi connectivity index (χ3v) is 4.53. The molecular weight excluding hydrogens is 242 g/mol. The summed E-state index contributed by atoms with van der Waals surface area (Å²) >= 11 is 1.97. The Kier molecular flexibility index (Phi) is 3.39. The maximum atomic E-state index is 5.63. The van der Waals surface area contributed by atoms with Gasteiger partial charge in [0, 0.05) is 22.6 Å². The molecule has 1 aliphatic rings. The van der Waals surface area contributed by atoms with Gasteiger partial charge in [-0.1, -0.05) is 6.07 Å². The monoisotopic (exact) mass is 259 g/mol. The SMILES string of the molecule is NCCc1[nH]ncc1-c1ccc2c(c1)CCCS2. The zero-order valence-electron chi connectivity index (χ0n) is 10.3. The van der Waals surface area contributed by atoms with Crippen molar-refractivity contribution >= 4 is 11.8 Å². The van der Waals surface area contributed by atoms with Gasteiger partial charge in [0.05, 0.1) is 6.20 Å². The minimum atomic E-state index is 0.649. The van der Waals surface area contributed by atoms with E-state index >= 15 is 0 Å². The first kappa shape index (κ1) is 11.8. The number of nitrogens with two attached hydrogens (primary N) is 1. The van der Waals surface area contributed by atoms with Crippen LogP contribution in [0.25, 0.3) is 11.1 Å². The topological polar surface area (TPSA) is 54.7 Å². The average Bonchev–Trinajstić information content (AvgIpc) is 2.87. The van der Waals surface area contributed by atoms with Gasteiger partial charge in [0.2, 0.25) is 0 Å². The van der Waals surface area contributed by atoms with Gasteiger partial charge < -0.3 is 5.73 Å². The fourth-order valence-electron chi connectivity index (χ4n) is 2.42. The van der Waals surface area contributed by atoms with Gasteiger partial charge in [-0.15, -0.1) is 11.8 Å². The van der Waals surface area contributed by atoms with E-state index in [9.17, 15) is 0 Å². The van der Waals surface area contributed by atoms with Crippen LogP contribution in [0.15, 0.2) is 29.3 Å². The van der Waals surface area contributed by atoms with Crippen LogP contribution < -0.4 is 5.73 Å². The zero-order chi connectivity index (χ0) is 12.4. The molecule has 2 heterocycles. The molecule has 0 amide bonds. The quantitative estimate of drug-likeness (QED) is 0.891. The summed E-state index contributed by atoms with van der Waals surface area (Å²) in [5.41, 5.74) is 10.7. The van der Waals surface area contributed by atoms with Crippen molar-refractivity contribution in [3.8, 4) is 11.1 Å². The molecule has 0 bridgehead atoms. The maximum Gasteiger partial charge on any atom is 0.0568 e. The normalized spacial score (nSPS) is 14.5. The number of thioether (sulfide) groups is 1. The molecule has 0 fully saturated rings. The van der Waals surface area contributed by atoms with Gasteiger partial charge in [-0.05, 0) is 48.4 Å². The number of H-pyrrole nitrogens is 1. The summed E-state index contributed by atoms with van der Waals surface area (Å²) in [5, 5.41) is 7.19. The number of aromatic amines is 1. The molecule has 4 heteroatoms. The van der Waals surface area contributed by atoms with Gasteiger partial charge in [0.25, 0.3) is 0 Å². The number of aryl methyl sites for hydroxylation is 1. The van der Waals surface area contributed by atoms with Crippen molar-refractivity contribution in [1.82, 2.24) is 10.2 Å². The standard InChI is InChI=1S/C14H17N3S/c15-6-5-13-12(9-16-17-13)10-3-4-14-11(8-10)2-1-7-18-14/h3-4,8-9H,1-2,5-7,15H2,(H,16,17). The molecule has 0 radical (unpaired) electrons. The summed E-state index contributed by atoms with van der Waals surface area (Å²) in [6, 6.07) is 6.75. The molecule has 0 atom stereocenters. The molecule has 3 nitrogen and oxygen atoms in total. The Hall–Kier alpha value is -1.26. The van der Waals surface area contributed by atoms with E-state index in [2.05, 4.69) is 28.4 Å². The minimum absolute atomic E-state index is 0.649. The summed E-state index contributed by atoms with van der Waals surface area (Å²) in [6.07, 6.45) is 5.23. The summed E-state index contributed by atoms with van der Waals surface area (Å²) in [5.74, 6) is 1.25. The van der Waals surface area contributed by atoms with Crippen molar-refractivity contribution in [2.24, 2.45) is 5.73 Å². The first-order valence-electron chi connectivity index (χ1n) is 6.37. The van der Waals surface area contributed by atoms with Gasteiger partial charge in [-0.2, -0.15) is 5.10 Å². The molecule has 3 N–H and O–H groups in total. The third kappa shape index (κ3) is 2.18. The van der Waals surface area contributed by atoms with Crippen LogP contribution in [-0.4, -0.2) is 22.5 Å². The smallest absolute Gasteiger partial charge is 0.0568 e. The maximum absolute atomic E-state index is 5.63. The van der Waals surface area contributed by atoms with Crippen LogP contribution in [0.5, 0.6) is 0 Å². The average molecular weight is 259 g/mol. The van der Waals surface area contributed by atoms with Crippen LogP contribution >= 0.6 is 11.8 Å². The Morgan fingerprint density at radius 3 is 3.22 bits per heavy atom. The second-order valence-electron chi connectivity index (χ2n) is 4.58. The molecule has 0 aliphatic carbocycles. The largest absolute Gasteiger partial charge is 0.330 e. The van der Waals surface area contributed by atoms with Crippen LogP contribution in [0, 0.1) is 0 Å². The number of aromatic nitrogens is 2. The lowest BCUT2D eigenvalue weighted by molar-refractivity contribution is 0.889. The Morgan fingerprint density at radius 2 is 2.33 bits per heavy atom. The predicted molar refractivity (Wildman–Crippen MR) is 75.8 cm³/mol. The molecular formula is C14H17N3S. The molecule has 0 unspecified atom stereocenters. The lowest BCUT2D eigenvalue weighted by Gasteiger charge is -2.16. The summed E-state index contributed by atoms with van der Waals surface area (Å²) in [4.78, 5) is 1.44. The molecule has 0 spiro atoms. The fourth-order valence-corrected chi connectivity index (χ4v) is 3.44. The fraction of sp³-hybridized carbons (Fsp3) is 0.357. The van der Waals surface area contributed by atoms with Crippen molar-refractivity contribution in [2.45, 2.75) is 24.2 Å². The van der Waals surface area contributed by atoms with Crippen molar-refractivity contribution < 1.29 is 0 Å². The molecule has 2 aromatic rings. The Morgan fingerprint density at radius 1 is 1.39 bits per heavy atom. The second kappa shape index (κ2) is 5.16. The molecule has 3 rings (SSSR count). The van der Waals surface area contributed by atoms with Gasteiger partial charge in [0.1, 0.15) is 0 Å². The number of benzene rings is 1. The highest BCUT2D eigenvalue weighted by atomic mass is 32.2. The van der Waals surface area contributed by atoms with E-state index in [0.29, 0.717) is 6.54 Å². The Labute approximate surface area is 111 Å². The number of rotatable bonds is 3. The molecule has 18 heavy (non-hydrogen) atoms. The van der Waals surface area contributed by atoms with Crippen LogP contribution in [0.3, 0.4) is 0 Å². The summed E-state index contributed by atoms with van der Waals surface area (Å²) < 4.78 is 0. The molecule has 0 saturated heterocycles. The highest BCUT2D eigenvalue weighted by Crippen LogP contribution is 2.33. The summed E-state index contributed by atoms with van der Waals surface area (Å²) in [7, 11) is 0. The lowest BCUT2D eigenvalue weighted by atomic mass is 10.0. The predicted octanol–water partition coefficient (Wildman–Crippen LogP) is 2.62. The van der Waals surface area contributed by atoms with Crippen molar-refractivity contribution in [1.29, 1.82) is 0 Å². The number of hydrogen-bond acceptors (Lipinski definition) is 3. The van der Waals surface area contributed by atoms with Gasteiger partial charge in [-0.25, -0.2) is 0 Å². The van der Waals surface area contributed by atoms with Gasteiger partial charge in [0.15, 0.2) is 0 Å². The Bertz CT molecular complexity index is 548. The van der Waals surface area contributed by atoms with E-state index in [0.717, 1.165) is 12.1 Å². The second-order valence-corrected chi connectivity index (χ2v) is 5.71. The zero-order valence-corrected chi connectivity index (χ0v) is 11.1. The number of fused-ring (bicyclic) bond motifs is 1. The lowest BCUT2D eigenvalue weighted by Crippen LogP contribution is -2.04. The van der Waals surface area contributed by atoms with E-state index in [1.54, 1.807) is 0 Å². The van der Waals surface area contributed by atoms with Crippen LogP contribution in [0.4, 0.5) is 0 Å². The first-order chi connectivity index (χ1) is 8.88. The highest BCUT2D eigenvalue weighted by Gasteiger charge is 2.13. The van der Waals surface area contributed by atoms with E-state index in [1.165, 1.54) is 40.2 Å². The van der Waals surface area contributed by atoms with E-state index in [1.807, 2.05) is 18.0 Å². The molecule has 1 aliphatic heterocycles. The summed E-state index contributed by atoms with van der Waals surface area (Å²) in [6.45, 7) is 0.649. The number of nitrogens with zero attached hydrogens (tertiary/aromatic N) is 1. The first-order valence-corrected chi connectivity index (χ1v) is 7.35. The van der Waals surface area contributed by atoms with E-state index in [4.69, 9.17) is 5.73 Å². The van der Waals surface area contributed by atoms with E-state index in [-0.39, 0.29) is 0 Å². The number of nitrogens with one attached hydrogen (secondary N) is 1. The van der Waals surface area contributed by atoms with E-state index < -0.39 is 0 Å². The van der Waals surface area contributed by atoms with Crippen molar-refractivity contribution in [3.63, 3.8) is 0 Å². The highest BCUT2D eigenvalue weighted by molar-refractivity contribution is 7.99. The molecule has 1 aromatic heterocycles. The molecule has 0 saturated carbocycles. The minimum Gasteiger partial charge on any atom is -0.330 e. The van der Waals surface area contributed by atoms with Crippen molar-refractivity contribution in [2.75, 3.05) is 12.3 Å². The van der Waals surface area contributed by atoms with Gasteiger partial charge >= 0.3 is 0 Å². The van der Waals surface area contributed by atoms with Crippen LogP contribution in [0.2, 0.25) is 0 Å². The molecule has 94 valence electrons. The van der Waals surface area contributed by atoms with Crippen LogP contribution in [0.1, 0.15) is 17.7 Å². The van der Waals surface area contributed by atoms with Gasteiger partial charge in [-0.3, -0.25) is 5.10 Å². The van der Waals surface area contributed by atoms with Crippen LogP contribution in [-0.2, 0) is 12.8 Å². The Balaban J connectivity index is 1.98. The van der Waals surface area contributed by atoms with Crippen molar-refractivity contribution in [3.05, 3.63) is 35.7 Å². The molecule has 1 aromatic carbocycles. The number of hydrogen-bond donors (Lipinski definition) is 2.